The van der Waals surface area contributed by atoms with Gasteiger partial charge < -0.3 is 24.5 Å². The molecule has 1 aromatic heterocycles. The summed E-state index contributed by atoms with van der Waals surface area (Å²) in [6.07, 6.45) is 1.66. The summed E-state index contributed by atoms with van der Waals surface area (Å²) in [7, 11) is 6.04. The zero-order valence-electron chi connectivity index (χ0n) is 15.6. The second-order valence-electron chi connectivity index (χ2n) is 6.14. The minimum absolute atomic E-state index is 0. The van der Waals surface area contributed by atoms with E-state index in [2.05, 4.69) is 11.2 Å². The van der Waals surface area contributed by atoms with Gasteiger partial charge in [-0.1, -0.05) is 53.6 Å². The van der Waals surface area contributed by atoms with Crippen LogP contribution in [0.25, 0.3) is 0 Å². The molecule has 29 heavy (non-hydrogen) atoms. The summed E-state index contributed by atoms with van der Waals surface area (Å²) in [5.41, 5.74) is 1.91. The molecule has 1 heterocycles. The zero-order valence-corrected chi connectivity index (χ0v) is 18.4. The Morgan fingerprint density at radius 3 is 2.48 bits per heavy atom. The van der Waals surface area contributed by atoms with Gasteiger partial charge in [0.2, 0.25) is 6.10 Å². The van der Waals surface area contributed by atoms with Crippen molar-refractivity contribution in [2.45, 2.75) is 19.6 Å². The molecule has 0 saturated heterocycles. The average Bonchev–Trinajstić information content (AvgIpc) is 3.02. The Bertz CT molecular complexity index is 1020. The maximum atomic E-state index is 11.6. The number of hydrogen-bond acceptors (Lipinski definition) is 4. The van der Waals surface area contributed by atoms with Gasteiger partial charge in [0.1, 0.15) is 13.6 Å². The summed E-state index contributed by atoms with van der Waals surface area (Å²) in [4.78, 5) is 26.8. The van der Waals surface area contributed by atoms with Gasteiger partial charge in [-0.05, 0) is 18.6 Å². The second-order valence-corrected chi connectivity index (χ2v) is 6.14. The van der Waals surface area contributed by atoms with Crippen molar-refractivity contribution in [1.29, 1.82) is 0 Å². The van der Waals surface area contributed by atoms with E-state index in [-0.39, 0.29) is 56.3 Å². The molecular formula is C20H16BN2O5Y+2. The van der Waals surface area contributed by atoms with Gasteiger partial charge in [-0.3, -0.25) is 4.79 Å². The van der Waals surface area contributed by atoms with Gasteiger partial charge in [-0.25, -0.2) is 4.79 Å². The van der Waals surface area contributed by atoms with Crippen LogP contribution in [0.15, 0.2) is 48.5 Å². The number of hydrogen-bond donors (Lipinski definition) is 2. The molecule has 140 valence electrons. The van der Waals surface area contributed by atoms with E-state index in [1.54, 1.807) is 55.5 Å². The van der Waals surface area contributed by atoms with Crippen molar-refractivity contribution in [2.75, 3.05) is 0 Å². The fourth-order valence-corrected chi connectivity index (χ4v) is 2.77. The number of rotatable bonds is 7. The number of ether oxygens (including phenoxy) is 1. The summed E-state index contributed by atoms with van der Waals surface area (Å²) in [6.45, 7) is 1.86. The van der Waals surface area contributed by atoms with Crippen LogP contribution >= 0.6 is 0 Å². The zero-order chi connectivity index (χ0) is 20.3. The number of aromatic carboxylic acids is 1. The van der Waals surface area contributed by atoms with Gasteiger partial charge in [0.05, 0.1) is 5.82 Å². The Hall–Kier alpha value is -2.44. The maximum Gasteiger partial charge on any atom is 3.00 e. The van der Waals surface area contributed by atoms with E-state index < -0.39 is 18.0 Å². The molecule has 2 N–H and O–H groups in total. The van der Waals surface area contributed by atoms with Gasteiger partial charge in [0.25, 0.3) is 5.97 Å². The summed E-state index contributed by atoms with van der Waals surface area (Å²) >= 11 is 0. The first-order chi connectivity index (χ1) is 13.3. The molecule has 1 atom stereocenters. The molecule has 3 rings (SSSR count). The summed E-state index contributed by atoms with van der Waals surface area (Å²) in [5, 5.41) is 18.7. The van der Waals surface area contributed by atoms with E-state index in [4.69, 9.17) is 12.6 Å². The number of aliphatic carboxylic acids is 1. The number of nitrogens with zero attached hydrogens (tertiary/aromatic N) is 2. The number of aryl methyl sites for hydroxylation is 1. The number of benzene rings is 2. The number of carboxylic acid groups (broad SMARTS) is 2. The first-order valence-corrected chi connectivity index (χ1v) is 8.37. The third-order valence-electron chi connectivity index (χ3n) is 4.00. The molecule has 0 fully saturated rings. The van der Waals surface area contributed by atoms with Crippen LogP contribution in [0, 0.1) is 13.1 Å². The predicted octanol–water partition coefficient (Wildman–Crippen LogP) is 1.73. The SMILES string of the molecule is [B]c1cc(Cn2[c-]c(C)nc2C(=O)O)ccc1OC(C(=O)O)c1ccccc1.[Y+3]. The monoisotopic (exact) mass is 464 g/mol. The Morgan fingerprint density at radius 2 is 1.90 bits per heavy atom. The summed E-state index contributed by atoms with van der Waals surface area (Å²) in [5.74, 6) is -2.18. The molecule has 2 aromatic carbocycles. The number of carbonyl (C=O) groups is 2. The number of imidazole rings is 1. The maximum absolute atomic E-state index is 11.6. The van der Waals surface area contributed by atoms with Crippen molar-refractivity contribution in [3.63, 3.8) is 0 Å². The van der Waals surface area contributed by atoms with E-state index in [0.29, 0.717) is 16.8 Å². The molecule has 0 aliphatic rings. The van der Waals surface area contributed by atoms with Crippen molar-refractivity contribution in [2.24, 2.45) is 0 Å². The van der Waals surface area contributed by atoms with E-state index in [0.717, 1.165) is 0 Å². The molecule has 0 bridgehead atoms. The molecule has 1 unspecified atom stereocenters. The first-order valence-electron chi connectivity index (χ1n) is 8.37. The Morgan fingerprint density at radius 1 is 1.21 bits per heavy atom. The van der Waals surface area contributed by atoms with Gasteiger partial charge in [-0.2, -0.15) is 0 Å². The molecule has 0 amide bonds. The van der Waals surface area contributed by atoms with Crippen LogP contribution in [-0.4, -0.2) is 39.5 Å². The van der Waals surface area contributed by atoms with Gasteiger partial charge in [0.15, 0.2) is 0 Å². The van der Waals surface area contributed by atoms with E-state index in [9.17, 15) is 19.8 Å². The Balaban J connectivity index is 0.00000300. The predicted molar refractivity (Wildman–Crippen MR) is 101 cm³/mol. The van der Waals surface area contributed by atoms with Gasteiger partial charge in [-0.15, -0.1) is 6.20 Å². The fourth-order valence-electron chi connectivity index (χ4n) is 2.77. The molecule has 7 nitrogen and oxygen atoms in total. The van der Waals surface area contributed by atoms with Crippen molar-refractivity contribution in [1.82, 2.24) is 9.55 Å². The third kappa shape index (κ3) is 5.55. The molecule has 2 radical (unpaired) electrons. The molecule has 9 heteroatoms. The average molecular weight is 464 g/mol. The minimum Gasteiger partial charge on any atom is -0.489 e. The quantitative estimate of drug-likeness (QED) is 0.408. The van der Waals surface area contributed by atoms with Crippen LogP contribution in [0.5, 0.6) is 5.75 Å². The van der Waals surface area contributed by atoms with Gasteiger partial charge >= 0.3 is 38.7 Å². The van der Waals surface area contributed by atoms with Crippen LogP contribution in [0.1, 0.15) is 33.5 Å². The minimum atomic E-state index is -1.20. The molecule has 0 spiro atoms. The van der Waals surface area contributed by atoms with E-state index in [1.807, 2.05) is 0 Å². The van der Waals surface area contributed by atoms with Crippen molar-refractivity contribution in [3.05, 3.63) is 77.4 Å². The Labute approximate surface area is 194 Å². The second kappa shape index (κ2) is 9.85. The van der Waals surface area contributed by atoms with Crippen LogP contribution in [0.2, 0.25) is 0 Å². The molecular weight excluding hydrogens is 448 g/mol. The standard InChI is InChI=1S/C20H16BN2O5.Y/c1-12-10-23(18(22-12)20(26)27)11-13-7-8-16(15(21)9-13)28-17(19(24)25)14-5-3-2-4-6-14;/h2-9,17H,11H2,1H3,(H,24,25)(H,26,27);/q-1;+3. The van der Waals surface area contributed by atoms with Crippen LogP contribution in [-0.2, 0) is 44.0 Å². The van der Waals surface area contributed by atoms with Crippen LogP contribution in [0.4, 0.5) is 0 Å². The fraction of sp³-hybridized carbons (Fsp3) is 0.150. The molecule has 0 aliphatic heterocycles. The van der Waals surface area contributed by atoms with Crippen molar-refractivity contribution in [3.8, 4) is 5.75 Å². The van der Waals surface area contributed by atoms with Crippen LogP contribution in [0.3, 0.4) is 0 Å². The number of aromatic nitrogens is 2. The first kappa shape index (κ1) is 22.8. The molecule has 3 aromatic rings. The number of carboxylic acids is 2. The van der Waals surface area contributed by atoms with Gasteiger partial charge in [0, 0.05) is 12.1 Å². The third-order valence-corrected chi connectivity index (χ3v) is 4.00. The smallest absolute Gasteiger partial charge is 0.489 e. The topological polar surface area (TPSA) is 102 Å². The van der Waals surface area contributed by atoms with E-state index in [1.165, 1.54) is 4.57 Å². The molecule has 0 aliphatic carbocycles. The van der Waals surface area contributed by atoms with Crippen LogP contribution < -0.4 is 10.2 Å². The van der Waals surface area contributed by atoms with E-state index >= 15 is 0 Å². The summed E-state index contributed by atoms with van der Waals surface area (Å²) < 4.78 is 7.00. The normalized spacial score (nSPS) is 11.3. The Kier molecular flexibility index (Phi) is 7.76. The summed E-state index contributed by atoms with van der Waals surface area (Å²) in [6, 6.07) is 13.4. The van der Waals surface area contributed by atoms with Crippen molar-refractivity contribution < 1.29 is 57.2 Å². The van der Waals surface area contributed by atoms with Crippen molar-refractivity contribution >= 4 is 25.2 Å². The molecule has 0 saturated carbocycles. The largest absolute Gasteiger partial charge is 3.00 e.